The third-order valence-corrected chi connectivity index (χ3v) is 6.42. The summed E-state index contributed by atoms with van der Waals surface area (Å²) in [4.78, 5) is 9.93. The van der Waals surface area contributed by atoms with E-state index in [4.69, 9.17) is 0 Å². The number of hydrogen-bond donors (Lipinski definition) is 2. The standard InChI is InChI=1S/C18H14F7NO2S.C3H7NO.C2H2/c19-13-4-6-14(7-5-13)29(28)26-9-1-2-11-10-12(3-8-15(11)26)16(27,17(20,21)22)18(23,24)25;1-3(5)4-2;1-2/h3-8,10,27H,1-2,9H2;1-2H3,(H,4,5);1-2H. The van der Waals surface area contributed by atoms with Crippen molar-refractivity contribution in [2.75, 3.05) is 17.9 Å². The molecule has 0 bridgehead atoms. The second kappa shape index (κ2) is 12.2. The van der Waals surface area contributed by atoms with Gasteiger partial charge in [-0.3, -0.25) is 9.10 Å². The summed E-state index contributed by atoms with van der Waals surface area (Å²) < 4.78 is 106. The first kappa shape index (κ1) is 30.9. The molecular formula is C23H23F7N2O3S. The summed E-state index contributed by atoms with van der Waals surface area (Å²) in [5, 5.41) is 12.0. The van der Waals surface area contributed by atoms with Crippen LogP contribution >= 0.6 is 0 Å². The molecule has 1 aliphatic rings. The van der Waals surface area contributed by atoms with Crippen LogP contribution in [0.5, 0.6) is 0 Å². The van der Waals surface area contributed by atoms with E-state index in [1.807, 2.05) is 0 Å². The van der Waals surface area contributed by atoms with Gasteiger partial charge in [0.1, 0.15) is 5.82 Å². The summed E-state index contributed by atoms with van der Waals surface area (Å²) in [5.41, 5.74) is -6.09. The van der Waals surface area contributed by atoms with Crippen molar-refractivity contribution in [3.63, 3.8) is 0 Å². The lowest BCUT2D eigenvalue weighted by atomic mass is 9.89. The van der Waals surface area contributed by atoms with E-state index >= 15 is 0 Å². The van der Waals surface area contributed by atoms with Crippen LogP contribution in [0.3, 0.4) is 0 Å². The van der Waals surface area contributed by atoms with Gasteiger partial charge < -0.3 is 10.4 Å². The van der Waals surface area contributed by atoms with Gasteiger partial charge in [0.15, 0.2) is 11.0 Å². The molecule has 5 nitrogen and oxygen atoms in total. The first-order valence-corrected chi connectivity index (χ1v) is 11.2. The van der Waals surface area contributed by atoms with Gasteiger partial charge in [0, 0.05) is 26.1 Å². The highest BCUT2D eigenvalue weighted by Crippen LogP contribution is 2.50. The number of carbonyl (C=O) groups is 1. The number of halogens is 7. The predicted molar refractivity (Wildman–Crippen MR) is 121 cm³/mol. The third-order valence-electron chi connectivity index (χ3n) is 4.96. The summed E-state index contributed by atoms with van der Waals surface area (Å²) in [6, 6.07) is 6.89. The SMILES string of the molecule is C#C.CNC(C)=O.O=S(c1ccc(F)cc1)N1CCCc2cc(C(O)(C(F)(F)F)C(F)(F)F)ccc21. The lowest BCUT2D eigenvalue weighted by Crippen LogP contribution is -2.54. The first-order valence-electron chi connectivity index (χ1n) is 10.1. The molecule has 2 N–H and O–H groups in total. The highest BCUT2D eigenvalue weighted by Gasteiger charge is 2.71. The van der Waals surface area contributed by atoms with E-state index in [2.05, 4.69) is 18.2 Å². The fourth-order valence-corrected chi connectivity index (χ4v) is 4.40. The number of rotatable bonds is 3. The highest BCUT2D eigenvalue weighted by atomic mass is 32.2. The number of anilines is 1. The minimum atomic E-state index is -5.98. The van der Waals surface area contributed by atoms with E-state index in [0.717, 1.165) is 18.2 Å². The number of hydrogen-bond acceptors (Lipinski definition) is 3. The molecule has 1 heterocycles. The van der Waals surface area contributed by atoms with Crippen LogP contribution in [-0.2, 0) is 27.8 Å². The Balaban J connectivity index is 0.000000826. The summed E-state index contributed by atoms with van der Waals surface area (Å²) in [5.74, 6) is -0.543. The van der Waals surface area contributed by atoms with Crippen molar-refractivity contribution < 1.29 is 44.8 Å². The molecule has 1 atom stereocenters. The molecule has 0 aromatic heterocycles. The number of aryl methyl sites for hydroxylation is 1. The van der Waals surface area contributed by atoms with Crippen molar-refractivity contribution in [1.82, 2.24) is 5.32 Å². The van der Waals surface area contributed by atoms with Crippen LogP contribution in [0.25, 0.3) is 0 Å². The molecule has 1 aliphatic heterocycles. The Labute approximate surface area is 205 Å². The maximum atomic E-state index is 13.1. The van der Waals surface area contributed by atoms with Crippen LogP contribution in [0, 0.1) is 18.7 Å². The number of aliphatic hydroxyl groups is 1. The van der Waals surface area contributed by atoms with Crippen LogP contribution < -0.4 is 9.62 Å². The largest absolute Gasteiger partial charge is 0.430 e. The topological polar surface area (TPSA) is 69.6 Å². The quantitative estimate of drug-likeness (QED) is 0.441. The predicted octanol–water partition coefficient (Wildman–Crippen LogP) is 4.62. The second-order valence-electron chi connectivity index (χ2n) is 7.26. The van der Waals surface area contributed by atoms with Crippen LogP contribution in [-0.4, -0.2) is 41.2 Å². The van der Waals surface area contributed by atoms with Crippen molar-refractivity contribution in [3.8, 4) is 12.8 Å². The van der Waals surface area contributed by atoms with Gasteiger partial charge in [0.05, 0.1) is 10.6 Å². The van der Waals surface area contributed by atoms with E-state index in [1.165, 1.54) is 23.4 Å². The molecule has 2 aromatic rings. The Morgan fingerprint density at radius 2 is 1.53 bits per heavy atom. The Morgan fingerprint density at radius 1 is 1.03 bits per heavy atom. The minimum absolute atomic E-state index is 0.00463. The molecule has 1 unspecified atom stereocenters. The van der Waals surface area contributed by atoms with E-state index in [1.54, 1.807) is 7.05 Å². The maximum Gasteiger partial charge on any atom is 0.430 e. The van der Waals surface area contributed by atoms with Gasteiger partial charge in [-0.25, -0.2) is 8.60 Å². The monoisotopic (exact) mass is 540 g/mol. The summed E-state index contributed by atoms with van der Waals surface area (Å²) in [6.07, 6.45) is -3.50. The van der Waals surface area contributed by atoms with Gasteiger partial charge in [-0.15, -0.1) is 12.8 Å². The van der Waals surface area contributed by atoms with Crippen molar-refractivity contribution >= 4 is 22.6 Å². The average molecular weight is 541 g/mol. The number of benzene rings is 2. The molecule has 0 aliphatic carbocycles. The zero-order valence-electron chi connectivity index (χ0n) is 19.1. The molecule has 0 spiro atoms. The van der Waals surface area contributed by atoms with Gasteiger partial charge in [0.25, 0.3) is 5.60 Å². The average Bonchev–Trinajstić information content (AvgIpc) is 2.83. The Bertz CT molecular complexity index is 1070. The molecule has 3 rings (SSSR count). The minimum Gasteiger partial charge on any atom is -0.369 e. The molecule has 2 aromatic carbocycles. The van der Waals surface area contributed by atoms with Crippen LogP contribution in [0.1, 0.15) is 24.5 Å². The Morgan fingerprint density at radius 3 is 1.97 bits per heavy atom. The van der Waals surface area contributed by atoms with E-state index in [-0.39, 0.29) is 35.0 Å². The molecule has 13 heteroatoms. The fourth-order valence-electron chi connectivity index (χ4n) is 3.13. The second-order valence-corrected chi connectivity index (χ2v) is 8.67. The van der Waals surface area contributed by atoms with E-state index in [9.17, 15) is 44.8 Å². The lowest BCUT2D eigenvalue weighted by Gasteiger charge is -2.35. The van der Waals surface area contributed by atoms with Crippen LogP contribution in [0.2, 0.25) is 0 Å². The van der Waals surface area contributed by atoms with Crippen molar-refractivity contribution in [2.24, 2.45) is 0 Å². The molecule has 0 fully saturated rings. The van der Waals surface area contributed by atoms with Crippen molar-refractivity contribution in [2.45, 2.75) is 42.6 Å². The van der Waals surface area contributed by atoms with Gasteiger partial charge in [-0.2, -0.15) is 26.3 Å². The number of fused-ring (bicyclic) bond motifs is 1. The number of nitrogens with zero attached hydrogens (tertiary/aromatic N) is 1. The molecular weight excluding hydrogens is 517 g/mol. The molecule has 1 amide bonds. The van der Waals surface area contributed by atoms with E-state index in [0.29, 0.717) is 18.6 Å². The molecule has 36 heavy (non-hydrogen) atoms. The summed E-state index contributed by atoms with van der Waals surface area (Å²) in [6.45, 7) is 1.71. The maximum absolute atomic E-state index is 13.1. The molecule has 0 saturated carbocycles. The van der Waals surface area contributed by atoms with Gasteiger partial charge in [-0.05, 0) is 48.7 Å². The summed E-state index contributed by atoms with van der Waals surface area (Å²) >= 11 is 0. The number of amides is 1. The van der Waals surface area contributed by atoms with Gasteiger partial charge in [-0.1, -0.05) is 12.1 Å². The third kappa shape index (κ3) is 6.76. The van der Waals surface area contributed by atoms with Crippen LogP contribution in [0.15, 0.2) is 47.4 Å². The number of terminal acetylenes is 1. The zero-order chi connectivity index (χ0) is 27.9. The Hall–Kier alpha value is -3.11. The summed E-state index contributed by atoms with van der Waals surface area (Å²) in [7, 11) is -0.242. The molecule has 0 radical (unpaired) electrons. The van der Waals surface area contributed by atoms with Gasteiger partial charge in [0.2, 0.25) is 5.91 Å². The number of nitrogens with one attached hydrogen (secondary N) is 1. The molecule has 0 saturated heterocycles. The smallest absolute Gasteiger partial charge is 0.369 e. The van der Waals surface area contributed by atoms with Crippen molar-refractivity contribution in [3.05, 3.63) is 59.4 Å². The lowest BCUT2D eigenvalue weighted by molar-refractivity contribution is -0.376. The zero-order valence-corrected chi connectivity index (χ0v) is 19.9. The normalized spacial score (nSPS) is 14.3. The Kier molecular flexibility index (Phi) is 10.5. The highest BCUT2D eigenvalue weighted by molar-refractivity contribution is 7.86. The van der Waals surface area contributed by atoms with E-state index < -0.39 is 40.3 Å². The number of alkyl halides is 6. The van der Waals surface area contributed by atoms with Gasteiger partial charge >= 0.3 is 12.4 Å². The van der Waals surface area contributed by atoms with Crippen molar-refractivity contribution in [1.29, 1.82) is 0 Å². The first-order chi connectivity index (χ1) is 16.6. The fraction of sp³-hybridized carbons (Fsp3) is 0.348. The molecule has 198 valence electrons. The van der Waals surface area contributed by atoms with Crippen LogP contribution in [0.4, 0.5) is 36.4 Å². The number of carbonyl (C=O) groups excluding carboxylic acids is 1.